The first kappa shape index (κ1) is 24.9. The number of hydrogen-bond donors (Lipinski definition) is 3. The monoisotopic (exact) mass is 534 g/mol. The Balaban J connectivity index is 1.31. The van der Waals surface area contributed by atoms with Crippen LogP contribution in [0.3, 0.4) is 0 Å². The first-order valence-corrected chi connectivity index (χ1v) is 13.7. The van der Waals surface area contributed by atoms with E-state index in [-0.39, 0.29) is 24.5 Å². The molecule has 3 aromatic heterocycles. The molecule has 4 heterocycles. The van der Waals surface area contributed by atoms with E-state index in [1.54, 1.807) is 0 Å². The summed E-state index contributed by atoms with van der Waals surface area (Å²) in [5, 5.41) is 24.7. The van der Waals surface area contributed by atoms with Gasteiger partial charge < -0.3 is 15.2 Å². The summed E-state index contributed by atoms with van der Waals surface area (Å²) in [6.07, 6.45) is 4.30. The normalized spacial score (nSPS) is 24.0. The van der Waals surface area contributed by atoms with E-state index in [1.165, 1.54) is 23.9 Å². The molecule has 0 bridgehead atoms. The molecule has 0 radical (unpaired) electrons. The maximum atomic E-state index is 13.4. The number of rotatable bonds is 8. The third kappa shape index (κ3) is 5.19. The van der Waals surface area contributed by atoms with Gasteiger partial charge in [-0.1, -0.05) is 0 Å². The van der Waals surface area contributed by atoms with Gasteiger partial charge in [0.1, 0.15) is 18.2 Å². The zero-order valence-electron chi connectivity index (χ0n) is 19.4. The Morgan fingerprint density at radius 1 is 1.39 bits per heavy atom. The molecule has 0 aromatic carbocycles. The average molecular weight is 535 g/mol. The summed E-state index contributed by atoms with van der Waals surface area (Å²) >= 11 is 1.32. The van der Waals surface area contributed by atoms with Crippen LogP contribution in [-0.2, 0) is 25.8 Å². The third-order valence-corrected chi connectivity index (χ3v) is 7.87. The molecule has 2 aliphatic rings. The Hall–Kier alpha value is -2.75. The highest BCUT2D eigenvalue weighted by Gasteiger charge is 2.35. The third-order valence-electron chi connectivity index (χ3n) is 6.46. The average Bonchev–Trinajstić information content (AvgIpc) is 3.56. The van der Waals surface area contributed by atoms with Gasteiger partial charge in [0, 0.05) is 18.2 Å². The summed E-state index contributed by atoms with van der Waals surface area (Å²) in [7, 11) is -4.09. The van der Waals surface area contributed by atoms with E-state index in [2.05, 4.69) is 24.6 Å². The van der Waals surface area contributed by atoms with E-state index >= 15 is 0 Å². The highest BCUT2D eigenvalue weighted by molar-refractivity contribution is 7.84. The van der Waals surface area contributed by atoms with E-state index in [0.29, 0.717) is 42.3 Å². The van der Waals surface area contributed by atoms with E-state index in [0.717, 1.165) is 16.8 Å². The number of ether oxygens (including phenoxy) is 1. The number of hydrogen-bond acceptors (Lipinski definition) is 11. The van der Waals surface area contributed by atoms with E-state index in [4.69, 9.17) is 9.88 Å². The number of nitrogens with zero attached hydrogens (tertiary/aromatic N) is 4. The summed E-state index contributed by atoms with van der Waals surface area (Å²) in [4.78, 5) is 22.2. The molecule has 36 heavy (non-hydrogen) atoms. The Bertz CT molecular complexity index is 1370. The van der Waals surface area contributed by atoms with Crippen LogP contribution < -0.4 is 10.5 Å². The minimum absolute atomic E-state index is 0.215. The van der Waals surface area contributed by atoms with Crippen LogP contribution in [0.4, 0.5) is 5.82 Å². The van der Waals surface area contributed by atoms with Gasteiger partial charge in [-0.25, -0.2) is 15.1 Å². The molecule has 0 saturated heterocycles. The molecule has 0 spiro atoms. The Labute approximate surface area is 211 Å². The van der Waals surface area contributed by atoms with Crippen molar-refractivity contribution >= 4 is 33.2 Å². The van der Waals surface area contributed by atoms with Crippen LogP contribution in [-0.4, -0.2) is 64.4 Å². The van der Waals surface area contributed by atoms with Crippen LogP contribution in [0.5, 0.6) is 0 Å². The fourth-order valence-corrected chi connectivity index (χ4v) is 5.97. The van der Waals surface area contributed by atoms with Gasteiger partial charge in [-0.05, 0) is 42.3 Å². The lowest BCUT2D eigenvalue weighted by molar-refractivity contribution is 0.0420. The molecule has 1 saturated carbocycles. The van der Waals surface area contributed by atoms with Crippen LogP contribution >= 0.6 is 11.3 Å². The Kier molecular flexibility index (Phi) is 6.89. The lowest BCUT2D eigenvalue weighted by Gasteiger charge is -2.24. The van der Waals surface area contributed by atoms with Crippen LogP contribution in [0, 0.1) is 12.8 Å². The number of aliphatic hydroxyl groups is 1. The number of carbonyl (C=O) groups is 1. The fraction of sp³-hybridized carbons (Fsp3) is 0.455. The first-order valence-electron chi connectivity index (χ1n) is 11.4. The number of carbonyl (C=O) groups excluding carboxylic acids is 1. The summed E-state index contributed by atoms with van der Waals surface area (Å²) in [5.74, 6) is -0.310. The number of nitrogens with two attached hydrogens (primary N) is 1. The van der Waals surface area contributed by atoms with Gasteiger partial charge in [-0.15, -0.1) is 11.3 Å². The number of ketones is 1. The number of aryl methyl sites for hydroxylation is 1. The number of nitrogens with one attached hydrogen (secondary N) is 1. The van der Waals surface area contributed by atoms with Crippen LogP contribution in [0.15, 0.2) is 30.2 Å². The van der Waals surface area contributed by atoms with Crippen LogP contribution in [0.25, 0.3) is 0 Å². The van der Waals surface area contributed by atoms with Crippen LogP contribution in [0.2, 0.25) is 0 Å². The lowest BCUT2D eigenvalue weighted by Crippen LogP contribution is -2.24. The maximum Gasteiger partial charge on any atom is 0.333 e. The predicted octanol–water partition coefficient (Wildman–Crippen LogP) is 1.17. The van der Waals surface area contributed by atoms with Gasteiger partial charge in [0.05, 0.1) is 48.2 Å². The van der Waals surface area contributed by atoms with Crippen molar-refractivity contribution in [3.05, 3.63) is 57.4 Å². The van der Waals surface area contributed by atoms with Crippen LogP contribution in [0.1, 0.15) is 51.0 Å². The van der Waals surface area contributed by atoms with Gasteiger partial charge >= 0.3 is 10.3 Å². The van der Waals surface area contributed by atoms with Crippen molar-refractivity contribution in [3.8, 4) is 0 Å². The molecule has 12 nitrogen and oxygen atoms in total. The number of aromatic nitrogens is 4. The Morgan fingerprint density at radius 2 is 2.22 bits per heavy atom. The quantitative estimate of drug-likeness (QED) is 0.356. The zero-order chi connectivity index (χ0) is 25.4. The van der Waals surface area contributed by atoms with Crippen molar-refractivity contribution in [2.24, 2.45) is 11.1 Å². The zero-order valence-corrected chi connectivity index (χ0v) is 21.0. The van der Waals surface area contributed by atoms with Crippen molar-refractivity contribution in [2.45, 2.75) is 44.6 Å². The van der Waals surface area contributed by atoms with Crippen molar-refractivity contribution < 1.29 is 27.2 Å². The molecule has 0 unspecified atom stereocenters. The van der Waals surface area contributed by atoms with E-state index in [1.807, 2.05) is 29.2 Å². The smallest absolute Gasteiger partial charge is 0.333 e. The van der Waals surface area contributed by atoms with E-state index < -0.39 is 22.3 Å². The summed E-state index contributed by atoms with van der Waals surface area (Å²) in [5.41, 5.74) is 3.21. The molecule has 192 valence electrons. The second-order valence-corrected chi connectivity index (χ2v) is 11.1. The molecule has 4 N–H and O–H groups in total. The van der Waals surface area contributed by atoms with Crippen molar-refractivity contribution in [1.82, 2.24) is 19.7 Å². The second kappa shape index (κ2) is 9.95. The highest BCUT2D eigenvalue weighted by atomic mass is 32.2. The molecule has 14 heteroatoms. The molecule has 1 aliphatic carbocycles. The molecule has 0 amide bonds. The second-order valence-electron chi connectivity index (χ2n) is 8.96. The molecular weight excluding hydrogens is 508 g/mol. The fourth-order valence-electron chi connectivity index (χ4n) is 4.72. The van der Waals surface area contributed by atoms with Crippen molar-refractivity contribution in [2.75, 3.05) is 18.5 Å². The summed E-state index contributed by atoms with van der Waals surface area (Å²) in [6, 6.07) is 1.59. The number of fused-ring (bicyclic) bond motifs is 1. The van der Waals surface area contributed by atoms with Crippen molar-refractivity contribution in [1.29, 1.82) is 0 Å². The first-order chi connectivity index (χ1) is 17.2. The number of thiophene rings is 1. The lowest BCUT2D eigenvalue weighted by atomic mass is 10.0. The van der Waals surface area contributed by atoms with Gasteiger partial charge in [-0.2, -0.15) is 13.5 Å². The minimum atomic E-state index is -4.09. The Morgan fingerprint density at radius 3 is 3.03 bits per heavy atom. The molecule has 1 fully saturated rings. The predicted molar refractivity (Wildman–Crippen MR) is 130 cm³/mol. The minimum Gasteiger partial charge on any atom is -0.393 e. The standard InChI is InChI=1S/C22H26N6O6S2/c1-12-7-26-28-2-3-33-21(19(12)28)14-5-18(35-10-14)20(30)16-8-24-11-25-22(16)27-15-4-13(17(29)6-15)9-34-36(23,31)32/h5,7-8,10-11,13,15,17,21,29H,2-4,6,9H2,1H3,(H2,23,31,32)(H,24,25,27)/t13-,15-,17+,21-/m1/s1. The maximum absolute atomic E-state index is 13.4. The number of aliphatic hydroxyl groups excluding tert-OH is 1. The number of anilines is 1. The van der Waals surface area contributed by atoms with E-state index in [9.17, 15) is 18.3 Å². The molecule has 4 atom stereocenters. The van der Waals surface area contributed by atoms with Gasteiger partial charge in [0.2, 0.25) is 5.78 Å². The largest absolute Gasteiger partial charge is 0.393 e. The molecule has 1 aliphatic heterocycles. The molecular formula is C22H26N6O6S2. The van der Waals surface area contributed by atoms with Crippen molar-refractivity contribution in [3.63, 3.8) is 0 Å². The van der Waals surface area contributed by atoms with Gasteiger partial charge in [0.25, 0.3) is 0 Å². The SMILES string of the molecule is Cc1cnn2c1[C@@H](c1csc(C(=O)c3cncnc3N[C@@H]3C[C@H](COS(N)(=O)=O)[C@@H](O)C3)c1)OCC2. The topological polar surface area (TPSA) is 172 Å². The summed E-state index contributed by atoms with van der Waals surface area (Å²) in [6.45, 7) is 3.00. The molecule has 5 rings (SSSR count). The highest BCUT2D eigenvalue weighted by Crippen LogP contribution is 2.35. The molecule has 3 aromatic rings. The van der Waals surface area contributed by atoms with Gasteiger partial charge in [-0.3, -0.25) is 13.7 Å². The summed E-state index contributed by atoms with van der Waals surface area (Å²) < 4.78 is 34.8. The van der Waals surface area contributed by atoms with Gasteiger partial charge in [0.15, 0.2) is 0 Å².